The number of carbonyl (C=O) groups is 2. The Kier molecular flexibility index (Phi) is 5.33. The smallest absolute Gasteiger partial charge is 0.251 e. The van der Waals surface area contributed by atoms with Gasteiger partial charge >= 0.3 is 0 Å². The summed E-state index contributed by atoms with van der Waals surface area (Å²) in [4.78, 5) is 26.5. The molecule has 2 fully saturated rings. The zero-order chi connectivity index (χ0) is 16.2. The van der Waals surface area contributed by atoms with Crippen LogP contribution in [-0.4, -0.2) is 48.9 Å². The molecule has 6 heteroatoms. The van der Waals surface area contributed by atoms with Crippen LogP contribution in [0.3, 0.4) is 0 Å². The number of halogens is 1. The number of hydrogen-bond donors (Lipinski definition) is 2. The van der Waals surface area contributed by atoms with Gasteiger partial charge in [-0.15, -0.1) is 0 Å². The third kappa shape index (κ3) is 4.12. The SMILES string of the molecule is O=C(NC[C@@H]1CN[C@H](C(=O)N2CCCC2)C1)c1cccc(Br)c1. The van der Waals surface area contributed by atoms with Crippen molar-refractivity contribution in [1.82, 2.24) is 15.5 Å². The molecule has 2 atom stereocenters. The van der Waals surface area contributed by atoms with Gasteiger partial charge in [0.15, 0.2) is 0 Å². The lowest BCUT2D eigenvalue weighted by molar-refractivity contribution is -0.132. The van der Waals surface area contributed by atoms with Crippen molar-refractivity contribution in [2.24, 2.45) is 5.92 Å². The third-order valence-corrected chi connectivity index (χ3v) is 5.07. The van der Waals surface area contributed by atoms with Gasteiger partial charge < -0.3 is 15.5 Å². The summed E-state index contributed by atoms with van der Waals surface area (Å²) in [7, 11) is 0. The van der Waals surface area contributed by atoms with Crippen molar-refractivity contribution in [2.75, 3.05) is 26.2 Å². The first-order chi connectivity index (χ1) is 11.1. The van der Waals surface area contributed by atoms with Crippen LogP contribution in [0.15, 0.2) is 28.7 Å². The average molecular weight is 380 g/mol. The quantitative estimate of drug-likeness (QED) is 0.837. The maximum Gasteiger partial charge on any atom is 0.251 e. The van der Waals surface area contributed by atoms with Crippen LogP contribution in [0.2, 0.25) is 0 Å². The molecule has 0 radical (unpaired) electrons. The van der Waals surface area contributed by atoms with E-state index < -0.39 is 0 Å². The van der Waals surface area contributed by atoms with Crippen LogP contribution in [0, 0.1) is 5.92 Å². The van der Waals surface area contributed by atoms with Crippen LogP contribution in [0.5, 0.6) is 0 Å². The van der Waals surface area contributed by atoms with E-state index in [4.69, 9.17) is 0 Å². The number of likely N-dealkylation sites (tertiary alicyclic amines) is 1. The first kappa shape index (κ1) is 16.5. The molecule has 2 aliphatic heterocycles. The maximum absolute atomic E-state index is 12.4. The molecule has 2 amide bonds. The van der Waals surface area contributed by atoms with Gasteiger partial charge in [0, 0.05) is 36.2 Å². The Balaban J connectivity index is 1.46. The Bertz CT molecular complexity index is 587. The molecule has 0 spiro atoms. The van der Waals surface area contributed by atoms with Crippen LogP contribution >= 0.6 is 15.9 Å². The second-order valence-electron chi connectivity index (χ2n) is 6.32. The molecule has 1 aromatic carbocycles. The summed E-state index contributed by atoms with van der Waals surface area (Å²) in [6.45, 7) is 3.16. The van der Waals surface area contributed by atoms with Gasteiger partial charge in [-0.3, -0.25) is 9.59 Å². The molecule has 2 heterocycles. The lowest BCUT2D eigenvalue weighted by atomic mass is 10.0. The number of benzene rings is 1. The summed E-state index contributed by atoms with van der Waals surface area (Å²) in [5.74, 6) is 0.464. The number of hydrogen-bond acceptors (Lipinski definition) is 3. The fraction of sp³-hybridized carbons (Fsp3) is 0.529. The monoisotopic (exact) mass is 379 g/mol. The van der Waals surface area contributed by atoms with Crippen LogP contribution in [0.1, 0.15) is 29.6 Å². The molecule has 5 nitrogen and oxygen atoms in total. The van der Waals surface area contributed by atoms with Crippen LogP contribution in [0.4, 0.5) is 0 Å². The van der Waals surface area contributed by atoms with E-state index >= 15 is 0 Å². The van der Waals surface area contributed by atoms with Gasteiger partial charge in [0.25, 0.3) is 5.91 Å². The number of rotatable bonds is 4. The van der Waals surface area contributed by atoms with E-state index in [2.05, 4.69) is 26.6 Å². The normalized spacial score (nSPS) is 24.0. The molecule has 2 saturated heterocycles. The summed E-state index contributed by atoms with van der Waals surface area (Å²) >= 11 is 3.37. The molecular formula is C17H22BrN3O2. The van der Waals surface area contributed by atoms with Gasteiger partial charge in [-0.25, -0.2) is 0 Å². The summed E-state index contributed by atoms with van der Waals surface area (Å²) in [5, 5.41) is 6.28. The van der Waals surface area contributed by atoms with Crippen molar-refractivity contribution >= 4 is 27.7 Å². The van der Waals surface area contributed by atoms with Gasteiger partial charge in [0.05, 0.1) is 6.04 Å². The average Bonchev–Trinajstić information content (AvgIpc) is 3.23. The molecular weight excluding hydrogens is 358 g/mol. The summed E-state index contributed by atoms with van der Waals surface area (Å²) in [5.41, 5.74) is 0.648. The second-order valence-corrected chi connectivity index (χ2v) is 7.23. The molecule has 0 aromatic heterocycles. The van der Waals surface area contributed by atoms with Crippen molar-refractivity contribution in [3.63, 3.8) is 0 Å². The Morgan fingerprint density at radius 2 is 2.09 bits per heavy atom. The zero-order valence-electron chi connectivity index (χ0n) is 13.1. The molecule has 124 valence electrons. The number of carbonyl (C=O) groups excluding carboxylic acids is 2. The molecule has 1 aromatic rings. The highest BCUT2D eigenvalue weighted by Crippen LogP contribution is 2.18. The van der Waals surface area contributed by atoms with Crippen LogP contribution in [0.25, 0.3) is 0 Å². The zero-order valence-corrected chi connectivity index (χ0v) is 14.6. The molecule has 3 rings (SSSR count). The number of nitrogens with zero attached hydrogens (tertiary/aromatic N) is 1. The van der Waals surface area contributed by atoms with Gasteiger partial charge in [0.1, 0.15) is 0 Å². The fourth-order valence-electron chi connectivity index (χ4n) is 3.28. The van der Waals surface area contributed by atoms with Crippen molar-refractivity contribution in [3.05, 3.63) is 34.3 Å². The minimum atomic E-state index is -0.0825. The molecule has 0 saturated carbocycles. The standard InChI is InChI=1S/C17H22BrN3O2/c18-14-5-3-4-13(9-14)16(22)20-11-12-8-15(19-10-12)17(23)21-6-1-2-7-21/h3-5,9,12,15,19H,1-2,6-8,10-11H2,(H,20,22)/t12-,15-/m0/s1. The minimum Gasteiger partial charge on any atom is -0.352 e. The predicted molar refractivity (Wildman–Crippen MR) is 92.2 cm³/mol. The molecule has 0 unspecified atom stereocenters. The lowest BCUT2D eigenvalue weighted by Gasteiger charge is -2.20. The van der Waals surface area contributed by atoms with Crippen LogP contribution in [-0.2, 0) is 4.79 Å². The largest absolute Gasteiger partial charge is 0.352 e. The minimum absolute atomic E-state index is 0.0689. The first-order valence-electron chi connectivity index (χ1n) is 8.19. The predicted octanol–water partition coefficient (Wildman–Crippen LogP) is 1.78. The lowest BCUT2D eigenvalue weighted by Crippen LogP contribution is -2.42. The van der Waals surface area contributed by atoms with Crippen LogP contribution < -0.4 is 10.6 Å². The molecule has 0 aliphatic carbocycles. The topological polar surface area (TPSA) is 61.4 Å². The Labute approximate surface area is 144 Å². The summed E-state index contributed by atoms with van der Waals surface area (Å²) < 4.78 is 0.893. The van der Waals surface area contributed by atoms with Gasteiger partial charge in [-0.2, -0.15) is 0 Å². The molecule has 2 N–H and O–H groups in total. The van der Waals surface area contributed by atoms with Crippen molar-refractivity contribution in [3.8, 4) is 0 Å². The highest BCUT2D eigenvalue weighted by atomic mass is 79.9. The molecule has 23 heavy (non-hydrogen) atoms. The van der Waals surface area contributed by atoms with E-state index in [0.29, 0.717) is 18.0 Å². The van der Waals surface area contributed by atoms with E-state index in [1.807, 2.05) is 23.1 Å². The van der Waals surface area contributed by atoms with Gasteiger partial charge in [-0.05, 0) is 43.4 Å². The highest BCUT2D eigenvalue weighted by Gasteiger charge is 2.33. The van der Waals surface area contributed by atoms with E-state index in [-0.39, 0.29) is 17.9 Å². The number of nitrogens with one attached hydrogen (secondary N) is 2. The molecule has 2 aliphatic rings. The first-order valence-corrected chi connectivity index (χ1v) is 8.99. The summed E-state index contributed by atoms with van der Waals surface area (Å²) in [6, 6.07) is 7.27. The Hall–Kier alpha value is -1.40. The maximum atomic E-state index is 12.4. The van der Waals surface area contributed by atoms with Crippen molar-refractivity contribution in [2.45, 2.75) is 25.3 Å². The Morgan fingerprint density at radius 1 is 1.30 bits per heavy atom. The van der Waals surface area contributed by atoms with Gasteiger partial charge in [-0.1, -0.05) is 22.0 Å². The number of amides is 2. The van der Waals surface area contributed by atoms with E-state index in [0.717, 1.165) is 43.4 Å². The van der Waals surface area contributed by atoms with E-state index in [9.17, 15) is 9.59 Å². The van der Waals surface area contributed by atoms with E-state index in [1.54, 1.807) is 6.07 Å². The third-order valence-electron chi connectivity index (χ3n) is 4.58. The van der Waals surface area contributed by atoms with Crippen molar-refractivity contribution < 1.29 is 9.59 Å². The fourth-order valence-corrected chi connectivity index (χ4v) is 3.68. The Morgan fingerprint density at radius 3 is 2.83 bits per heavy atom. The summed E-state index contributed by atoms with van der Waals surface area (Å²) in [6.07, 6.45) is 3.03. The van der Waals surface area contributed by atoms with E-state index in [1.165, 1.54) is 0 Å². The van der Waals surface area contributed by atoms with Crippen molar-refractivity contribution in [1.29, 1.82) is 0 Å². The second kappa shape index (κ2) is 7.45. The van der Waals surface area contributed by atoms with Gasteiger partial charge in [0.2, 0.25) is 5.91 Å². The highest BCUT2D eigenvalue weighted by molar-refractivity contribution is 9.10. The molecule has 0 bridgehead atoms.